The monoisotopic (exact) mass is 340 g/mol. The van der Waals surface area contributed by atoms with Gasteiger partial charge in [-0.25, -0.2) is 9.97 Å². The van der Waals surface area contributed by atoms with E-state index in [0.717, 1.165) is 24.4 Å². The summed E-state index contributed by atoms with van der Waals surface area (Å²) in [4.78, 5) is 21.6. The summed E-state index contributed by atoms with van der Waals surface area (Å²) in [5.41, 5.74) is 1.51. The Kier molecular flexibility index (Phi) is 3.96. The molecule has 1 N–H and O–H groups in total. The molecule has 1 aliphatic heterocycles. The third kappa shape index (κ3) is 2.89. The van der Waals surface area contributed by atoms with Crippen molar-refractivity contribution in [2.75, 3.05) is 22.9 Å². The van der Waals surface area contributed by atoms with Crippen LogP contribution < -0.4 is 9.80 Å². The molecule has 8 nitrogen and oxygen atoms in total. The number of hydrogen-bond donors (Lipinski definition) is 1. The molecule has 1 aliphatic rings. The molecule has 3 aromatic rings. The molecule has 0 saturated carbocycles. The second-order valence-electron chi connectivity index (χ2n) is 6.34. The van der Waals surface area contributed by atoms with Gasteiger partial charge in [0.2, 0.25) is 0 Å². The molecular formula is C17H20N6O2. The molecule has 2 atom stereocenters. The molecule has 3 aromatic heterocycles. The maximum atomic E-state index is 9.27. The van der Waals surface area contributed by atoms with Crippen molar-refractivity contribution in [2.45, 2.75) is 32.5 Å². The van der Waals surface area contributed by atoms with Crippen LogP contribution in [0.1, 0.15) is 19.7 Å². The van der Waals surface area contributed by atoms with Gasteiger partial charge in [0.05, 0.1) is 6.20 Å². The van der Waals surface area contributed by atoms with E-state index >= 15 is 0 Å². The van der Waals surface area contributed by atoms with E-state index in [1.165, 1.54) is 0 Å². The predicted octanol–water partition coefficient (Wildman–Crippen LogP) is 1.61. The van der Waals surface area contributed by atoms with Gasteiger partial charge >= 0.3 is 0 Å². The van der Waals surface area contributed by atoms with Crippen LogP contribution in [-0.4, -0.2) is 50.2 Å². The molecule has 0 bridgehead atoms. The van der Waals surface area contributed by atoms with Crippen LogP contribution in [0.5, 0.6) is 0 Å². The van der Waals surface area contributed by atoms with Crippen molar-refractivity contribution in [1.82, 2.24) is 19.9 Å². The fourth-order valence-electron chi connectivity index (χ4n) is 3.44. The number of fused-ring (bicyclic) bond motifs is 1. The smallest absolute Gasteiger partial charge is 0.298 e. The van der Waals surface area contributed by atoms with Gasteiger partial charge in [-0.05, 0) is 26.0 Å². The molecule has 25 heavy (non-hydrogen) atoms. The number of aromatic nitrogens is 4. The predicted molar refractivity (Wildman–Crippen MR) is 93.4 cm³/mol. The molecule has 8 heteroatoms. The maximum absolute atomic E-state index is 9.27. The van der Waals surface area contributed by atoms with Crippen LogP contribution in [0.4, 0.5) is 11.8 Å². The quantitative estimate of drug-likeness (QED) is 0.769. The Morgan fingerprint density at radius 2 is 1.96 bits per heavy atom. The van der Waals surface area contributed by atoms with Crippen molar-refractivity contribution >= 4 is 22.9 Å². The van der Waals surface area contributed by atoms with Crippen LogP contribution in [0, 0.1) is 0 Å². The molecule has 0 aliphatic carbocycles. The summed E-state index contributed by atoms with van der Waals surface area (Å²) in [6, 6.07) is 4.77. The third-order valence-corrected chi connectivity index (χ3v) is 4.47. The summed E-state index contributed by atoms with van der Waals surface area (Å²) in [6.45, 7) is 5.67. The topological polar surface area (TPSA) is 91.4 Å². The molecule has 130 valence electrons. The minimum atomic E-state index is -0.159. The van der Waals surface area contributed by atoms with E-state index in [2.05, 4.69) is 43.6 Å². The second-order valence-corrected chi connectivity index (χ2v) is 6.34. The van der Waals surface area contributed by atoms with Crippen molar-refractivity contribution in [3.05, 3.63) is 36.5 Å². The van der Waals surface area contributed by atoms with Gasteiger partial charge in [-0.15, -0.1) is 0 Å². The number of aliphatic hydroxyl groups is 1. The summed E-state index contributed by atoms with van der Waals surface area (Å²) in [6.07, 6.45) is 5.09. The molecule has 0 radical (unpaired) electrons. The lowest BCUT2D eigenvalue weighted by Crippen LogP contribution is -2.57. The summed E-state index contributed by atoms with van der Waals surface area (Å²) in [7, 11) is 0. The molecule has 2 unspecified atom stereocenters. The number of aliphatic hydroxyl groups excluding tert-OH is 1. The SMILES string of the molecule is CC1CN(c2nc3ccncc3o2)CC(C)N1c1ccnc(CO)n1. The van der Waals surface area contributed by atoms with Crippen LogP contribution in [0.15, 0.2) is 35.1 Å². The Morgan fingerprint density at radius 3 is 2.68 bits per heavy atom. The third-order valence-electron chi connectivity index (χ3n) is 4.47. The van der Waals surface area contributed by atoms with Crippen LogP contribution in [0.3, 0.4) is 0 Å². The van der Waals surface area contributed by atoms with Crippen LogP contribution >= 0.6 is 0 Å². The van der Waals surface area contributed by atoms with E-state index in [0.29, 0.717) is 17.4 Å². The van der Waals surface area contributed by atoms with E-state index < -0.39 is 0 Å². The van der Waals surface area contributed by atoms with Gasteiger partial charge < -0.3 is 19.3 Å². The highest BCUT2D eigenvalue weighted by Crippen LogP contribution is 2.27. The Balaban J connectivity index is 1.58. The van der Waals surface area contributed by atoms with E-state index in [4.69, 9.17) is 4.42 Å². The summed E-state index contributed by atoms with van der Waals surface area (Å²) in [5, 5.41) is 9.27. The summed E-state index contributed by atoms with van der Waals surface area (Å²) < 4.78 is 5.86. The van der Waals surface area contributed by atoms with Crippen molar-refractivity contribution in [1.29, 1.82) is 0 Å². The molecule has 4 heterocycles. The Bertz CT molecular complexity index is 837. The largest absolute Gasteiger partial charge is 0.422 e. The second kappa shape index (κ2) is 6.29. The number of anilines is 2. The first-order chi connectivity index (χ1) is 12.2. The van der Waals surface area contributed by atoms with Crippen LogP contribution in [0.25, 0.3) is 11.1 Å². The standard InChI is InChI=1S/C17H20N6O2/c1-11-8-22(17-20-13-3-5-18-7-14(13)25-17)9-12(2)23(11)16-4-6-19-15(10-24)21-16/h3-7,11-12,24H,8-10H2,1-2H3. The molecule has 0 aromatic carbocycles. The lowest BCUT2D eigenvalue weighted by atomic mass is 10.1. The number of hydrogen-bond acceptors (Lipinski definition) is 8. The average Bonchev–Trinajstić information content (AvgIpc) is 3.05. The highest BCUT2D eigenvalue weighted by molar-refractivity contribution is 5.73. The molecule has 0 spiro atoms. The molecule has 1 fully saturated rings. The minimum absolute atomic E-state index is 0.159. The number of nitrogens with zero attached hydrogens (tertiary/aromatic N) is 6. The Morgan fingerprint density at radius 1 is 1.16 bits per heavy atom. The average molecular weight is 340 g/mol. The molecule has 4 rings (SSSR count). The van der Waals surface area contributed by atoms with Gasteiger partial charge in [0.25, 0.3) is 6.01 Å². The Hall–Kier alpha value is -2.74. The minimum Gasteiger partial charge on any atom is -0.422 e. The molecular weight excluding hydrogens is 320 g/mol. The van der Waals surface area contributed by atoms with Gasteiger partial charge in [0.1, 0.15) is 17.9 Å². The van der Waals surface area contributed by atoms with Gasteiger partial charge in [-0.2, -0.15) is 4.98 Å². The van der Waals surface area contributed by atoms with Crippen LogP contribution in [0.2, 0.25) is 0 Å². The van der Waals surface area contributed by atoms with E-state index in [1.54, 1.807) is 18.6 Å². The van der Waals surface area contributed by atoms with E-state index in [-0.39, 0.29) is 18.7 Å². The normalized spacial score (nSPS) is 21.1. The Labute approximate surface area is 145 Å². The van der Waals surface area contributed by atoms with Gasteiger partial charge in [-0.1, -0.05) is 0 Å². The highest BCUT2D eigenvalue weighted by Gasteiger charge is 2.32. The summed E-state index contributed by atoms with van der Waals surface area (Å²) >= 11 is 0. The first-order valence-electron chi connectivity index (χ1n) is 8.32. The van der Waals surface area contributed by atoms with Gasteiger partial charge in [-0.3, -0.25) is 4.98 Å². The van der Waals surface area contributed by atoms with Crippen molar-refractivity contribution < 1.29 is 9.52 Å². The van der Waals surface area contributed by atoms with Gasteiger partial charge in [0, 0.05) is 37.6 Å². The zero-order chi connectivity index (χ0) is 17.4. The zero-order valence-electron chi connectivity index (χ0n) is 14.2. The first kappa shape index (κ1) is 15.8. The number of oxazole rings is 1. The van der Waals surface area contributed by atoms with Crippen molar-refractivity contribution in [3.63, 3.8) is 0 Å². The summed E-state index contributed by atoms with van der Waals surface area (Å²) in [5.74, 6) is 1.27. The number of pyridine rings is 1. The number of piperazine rings is 1. The van der Waals surface area contributed by atoms with Crippen molar-refractivity contribution in [2.24, 2.45) is 0 Å². The van der Waals surface area contributed by atoms with Gasteiger partial charge in [0.15, 0.2) is 11.4 Å². The van der Waals surface area contributed by atoms with Crippen LogP contribution in [-0.2, 0) is 6.61 Å². The maximum Gasteiger partial charge on any atom is 0.298 e. The van der Waals surface area contributed by atoms with E-state index in [1.807, 2.05) is 12.1 Å². The van der Waals surface area contributed by atoms with E-state index in [9.17, 15) is 5.11 Å². The number of rotatable bonds is 3. The highest BCUT2D eigenvalue weighted by atomic mass is 16.4. The first-order valence-corrected chi connectivity index (χ1v) is 8.32. The zero-order valence-corrected chi connectivity index (χ0v) is 14.2. The lowest BCUT2D eigenvalue weighted by molar-refractivity contribution is 0.271. The van der Waals surface area contributed by atoms with Crippen molar-refractivity contribution in [3.8, 4) is 0 Å². The fraction of sp³-hybridized carbons (Fsp3) is 0.412. The molecule has 0 amide bonds. The lowest BCUT2D eigenvalue weighted by Gasteiger charge is -2.44. The fourth-order valence-corrected chi connectivity index (χ4v) is 3.44. The molecule has 1 saturated heterocycles.